The van der Waals surface area contributed by atoms with Crippen molar-refractivity contribution in [2.24, 2.45) is 4.99 Å². The van der Waals surface area contributed by atoms with Gasteiger partial charge in [-0.2, -0.15) is 0 Å². The molecule has 2 N–H and O–H groups in total. The summed E-state index contributed by atoms with van der Waals surface area (Å²) in [5, 5.41) is 7.86. The van der Waals surface area contributed by atoms with E-state index in [9.17, 15) is 0 Å². The number of benzene rings is 1. The lowest BCUT2D eigenvalue weighted by atomic mass is 9.74. The molecule has 2 fully saturated rings. The zero-order chi connectivity index (χ0) is 21.5. The van der Waals surface area contributed by atoms with E-state index in [2.05, 4.69) is 48.4 Å². The summed E-state index contributed by atoms with van der Waals surface area (Å²) >= 11 is 6.60. The molecule has 2 aliphatic heterocycles. The molecule has 176 valence electrons. The number of rotatable bonds is 7. The highest BCUT2D eigenvalue weighted by Gasteiger charge is 2.36. The van der Waals surface area contributed by atoms with Crippen molar-refractivity contribution in [3.63, 3.8) is 0 Å². The summed E-state index contributed by atoms with van der Waals surface area (Å²) in [5.74, 6) is 0.858. The summed E-state index contributed by atoms with van der Waals surface area (Å²) in [5.41, 5.74) is 1.14. The van der Waals surface area contributed by atoms with E-state index in [0.717, 1.165) is 83.0 Å². The van der Waals surface area contributed by atoms with Crippen LogP contribution in [0.5, 0.6) is 0 Å². The van der Waals surface area contributed by atoms with Gasteiger partial charge in [-0.15, -0.1) is 24.0 Å². The van der Waals surface area contributed by atoms with Gasteiger partial charge in [-0.25, -0.2) is 0 Å². The van der Waals surface area contributed by atoms with E-state index >= 15 is 0 Å². The van der Waals surface area contributed by atoms with E-state index in [1.165, 1.54) is 5.56 Å². The van der Waals surface area contributed by atoms with Crippen LogP contribution in [0.3, 0.4) is 0 Å². The van der Waals surface area contributed by atoms with Crippen LogP contribution in [0, 0.1) is 0 Å². The van der Waals surface area contributed by atoms with Crippen molar-refractivity contribution in [2.45, 2.75) is 44.6 Å². The molecule has 0 atom stereocenters. The van der Waals surface area contributed by atoms with Crippen LogP contribution in [-0.4, -0.2) is 75.5 Å². The second kappa shape index (κ2) is 12.6. The molecular formula is C23H38ClIN4O2. The summed E-state index contributed by atoms with van der Waals surface area (Å²) in [6.45, 7) is 14.0. The van der Waals surface area contributed by atoms with E-state index in [4.69, 9.17) is 26.1 Å². The average Bonchev–Trinajstić information content (AvgIpc) is 2.77. The van der Waals surface area contributed by atoms with Crippen LogP contribution in [0.15, 0.2) is 29.3 Å². The minimum absolute atomic E-state index is 0. The number of aliphatic imine (C=N–C) groups is 1. The maximum Gasteiger partial charge on any atom is 0.191 e. The summed E-state index contributed by atoms with van der Waals surface area (Å²) in [6.07, 6.45) is 1.89. The fourth-order valence-electron chi connectivity index (χ4n) is 4.33. The molecule has 0 aliphatic carbocycles. The third-order valence-electron chi connectivity index (χ3n) is 6.32. The lowest BCUT2D eigenvalue weighted by Crippen LogP contribution is -2.52. The molecule has 0 unspecified atom stereocenters. The molecule has 0 radical (unpaired) electrons. The first-order valence-corrected chi connectivity index (χ1v) is 11.5. The molecule has 1 aromatic rings. The molecule has 6 nitrogen and oxygen atoms in total. The van der Waals surface area contributed by atoms with Crippen molar-refractivity contribution in [2.75, 3.05) is 59.2 Å². The molecule has 2 aliphatic rings. The number of nitrogens with one attached hydrogen (secondary N) is 2. The van der Waals surface area contributed by atoms with Crippen LogP contribution in [0.1, 0.15) is 39.2 Å². The molecule has 2 heterocycles. The normalized spacial score (nSPS) is 20.1. The van der Waals surface area contributed by atoms with Gasteiger partial charge in [0.1, 0.15) is 0 Å². The van der Waals surface area contributed by atoms with Gasteiger partial charge in [0.15, 0.2) is 5.96 Å². The van der Waals surface area contributed by atoms with Crippen LogP contribution in [0.2, 0.25) is 5.02 Å². The smallest absolute Gasteiger partial charge is 0.191 e. The van der Waals surface area contributed by atoms with Crippen molar-refractivity contribution >= 4 is 41.5 Å². The lowest BCUT2D eigenvalue weighted by molar-refractivity contribution is -0.00684. The van der Waals surface area contributed by atoms with E-state index in [1.54, 1.807) is 0 Å². The molecule has 0 spiro atoms. The topological polar surface area (TPSA) is 58.1 Å². The first kappa shape index (κ1) is 26.6. The van der Waals surface area contributed by atoms with Gasteiger partial charge in [-0.1, -0.05) is 29.8 Å². The van der Waals surface area contributed by atoms with Gasteiger partial charge in [-0.3, -0.25) is 9.89 Å². The fraction of sp³-hybridized carbons (Fsp3) is 0.696. The average molecular weight is 565 g/mol. The van der Waals surface area contributed by atoms with Crippen molar-refractivity contribution in [3.8, 4) is 0 Å². The van der Waals surface area contributed by atoms with Gasteiger partial charge in [0.2, 0.25) is 0 Å². The monoisotopic (exact) mass is 564 g/mol. The van der Waals surface area contributed by atoms with Crippen LogP contribution in [-0.2, 0) is 14.9 Å². The van der Waals surface area contributed by atoms with E-state index in [1.807, 2.05) is 12.1 Å². The summed E-state index contributed by atoms with van der Waals surface area (Å²) in [6, 6.07) is 8.20. The highest BCUT2D eigenvalue weighted by Crippen LogP contribution is 2.38. The van der Waals surface area contributed by atoms with Crippen LogP contribution < -0.4 is 10.6 Å². The first-order valence-electron chi connectivity index (χ1n) is 11.1. The summed E-state index contributed by atoms with van der Waals surface area (Å²) in [7, 11) is 0. The van der Waals surface area contributed by atoms with Crippen LogP contribution >= 0.6 is 35.6 Å². The quantitative estimate of drug-likeness (QED) is 0.301. The number of morpholine rings is 1. The SMILES string of the molecule is CCNC(=NCC(C)(C)N1CCOCC1)NCC1(c2ccccc2Cl)CCOCC1.I. The Morgan fingerprint density at radius 3 is 2.39 bits per heavy atom. The Labute approximate surface area is 209 Å². The van der Waals surface area contributed by atoms with Gasteiger partial charge in [0, 0.05) is 55.4 Å². The number of ether oxygens (including phenoxy) is 2. The van der Waals surface area contributed by atoms with E-state index in [0.29, 0.717) is 0 Å². The Morgan fingerprint density at radius 2 is 1.74 bits per heavy atom. The Balaban J connectivity index is 0.00000341. The highest BCUT2D eigenvalue weighted by molar-refractivity contribution is 14.0. The zero-order valence-corrected chi connectivity index (χ0v) is 22.2. The largest absolute Gasteiger partial charge is 0.381 e. The van der Waals surface area contributed by atoms with Crippen LogP contribution in [0.25, 0.3) is 0 Å². The minimum Gasteiger partial charge on any atom is -0.381 e. The second-order valence-corrected chi connectivity index (χ2v) is 9.24. The standard InChI is InChI=1S/C23H37ClN4O2.HI/c1-4-25-21(26-17-22(2,3)28-11-15-30-16-12-28)27-18-23(9-13-29-14-10-23)19-7-5-6-8-20(19)24;/h5-8H,4,9-18H2,1-3H3,(H2,25,26,27);1H. The van der Waals surface area contributed by atoms with E-state index < -0.39 is 0 Å². The molecule has 0 aromatic heterocycles. The maximum absolute atomic E-state index is 6.60. The van der Waals surface area contributed by atoms with Crippen molar-refractivity contribution in [3.05, 3.63) is 34.9 Å². The highest BCUT2D eigenvalue weighted by atomic mass is 127. The predicted octanol–water partition coefficient (Wildman–Crippen LogP) is 3.67. The molecule has 2 saturated heterocycles. The molecule has 3 rings (SSSR count). The Kier molecular flexibility index (Phi) is 10.8. The molecule has 1 aromatic carbocycles. The fourth-order valence-corrected chi connectivity index (χ4v) is 4.67. The third-order valence-corrected chi connectivity index (χ3v) is 6.65. The third kappa shape index (κ3) is 7.19. The van der Waals surface area contributed by atoms with Gasteiger partial charge in [0.05, 0.1) is 19.8 Å². The number of hydrogen-bond acceptors (Lipinski definition) is 4. The van der Waals surface area contributed by atoms with Crippen molar-refractivity contribution < 1.29 is 9.47 Å². The molecule has 0 bridgehead atoms. The molecular weight excluding hydrogens is 527 g/mol. The van der Waals surface area contributed by atoms with Crippen molar-refractivity contribution in [1.29, 1.82) is 0 Å². The van der Waals surface area contributed by atoms with Crippen LogP contribution in [0.4, 0.5) is 0 Å². The summed E-state index contributed by atoms with van der Waals surface area (Å²) < 4.78 is 11.2. The van der Waals surface area contributed by atoms with E-state index in [-0.39, 0.29) is 34.9 Å². The number of guanidine groups is 1. The van der Waals surface area contributed by atoms with Crippen molar-refractivity contribution in [1.82, 2.24) is 15.5 Å². The van der Waals surface area contributed by atoms with Gasteiger partial charge in [0.25, 0.3) is 0 Å². The Bertz CT molecular complexity index is 705. The van der Waals surface area contributed by atoms with Gasteiger partial charge < -0.3 is 20.1 Å². The number of nitrogens with zero attached hydrogens (tertiary/aromatic N) is 2. The number of hydrogen-bond donors (Lipinski definition) is 2. The zero-order valence-electron chi connectivity index (χ0n) is 19.1. The first-order chi connectivity index (χ1) is 14.5. The Hall–Kier alpha value is -0.610. The second-order valence-electron chi connectivity index (χ2n) is 8.83. The predicted molar refractivity (Wildman–Crippen MR) is 139 cm³/mol. The lowest BCUT2D eigenvalue weighted by Gasteiger charge is -2.40. The maximum atomic E-state index is 6.60. The molecule has 31 heavy (non-hydrogen) atoms. The molecule has 0 amide bonds. The minimum atomic E-state index is -0.0491. The summed E-state index contributed by atoms with van der Waals surface area (Å²) in [4.78, 5) is 7.41. The van der Waals surface area contributed by atoms with Gasteiger partial charge >= 0.3 is 0 Å². The molecule has 0 saturated carbocycles. The molecule has 8 heteroatoms. The number of halogens is 2. The Morgan fingerprint density at radius 1 is 1.10 bits per heavy atom. The van der Waals surface area contributed by atoms with Gasteiger partial charge in [-0.05, 0) is 45.2 Å².